The van der Waals surface area contributed by atoms with Gasteiger partial charge in [0.1, 0.15) is 0 Å². The lowest BCUT2D eigenvalue weighted by Crippen LogP contribution is -2.35. The van der Waals surface area contributed by atoms with Gasteiger partial charge >= 0.3 is 5.97 Å². The van der Waals surface area contributed by atoms with Gasteiger partial charge in [-0.2, -0.15) is 0 Å². The first-order valence-corrected chi connectivity index (χ1v) is 5.46. The number of halogens is 2. The summed E-state index contributed by atoms with van der Waals surface area (Å²) in [6.07, 6.45) is -0.158. The van der Waals surface area contributed by atoms with Gasteiger partial charge in [0, 0.05) is 9.50 Å². The second-order valence-electron chi connectivity index (χ2n) is 3.61. The Morgan fingerprint density at radius 2 is 2.27 bits per heavy atom. The van der Waals surface area contributed by atoms with Crippen molar-refractivity contribution in [1.82, 2.24) is 0 Å². The number of hydrogen-bond acceptors (Lipinski definition) is 2. The van der Waals surface area contributed by atoms with Gasteiger partial charge in [-0.1, -0.05) is 33.6 Å². The van der Waals surface area contributed by atoms with Crippen LogP contribution in [-0.4, -0.2) is 11.1 Å². The molecule has 3 N–H and O–H groups in total. The van der Waals surface area contributed by atoms with Crippen molar-refractivity contribution in [3.63, 3.8) is 0 Å². The zero-order chi connectivity index (χ0) is 11.6. The maximum absolute atomic E-state index is 10.6. The van der Waals surface area contributed by atoms with Crippen LogP contribution in [0.15, 0.2) is 22.7 Å². The van der Waals surface area contributed by atoms with Crippen LogP contribution in [0.25, 0.3) is 0 Å². The summed E-state index contributed by atoms with van der Waals surface area (Å²) < 4.78 is 0.836. The van der Waals surface area contributed by atoms with Gasteiger partial charge in [-0.05, 0) is 24.6 Å². The summed E-state index contributed by atoms with van der Waals surface area (Å²) in [5.74, 6) is -0.945. The van der Waals surface area contributed by atoms with Crippen LogP contribution < -0.4 is 5.73 Å². The average molecular weight is 293 g/mol. The van der Waals surface area contributed by atoms with Crippen molar-refractivity contribution in [1.29, 1.82) is 0 Å². The van der Waals surface area contributed by atoms with Crippen molar-refractivity contribution < 1.29 is 9.90 Å². The Morgan fingerprint density at radius 1 is 1.67 bits per heavy atom. The van der Waals surface area contributed by atoms with E-state index in [1.165, 1.54) is 0 Å². The average Bonchev–Trinajstić information content (AvgIpc) is 1.99. The smallest absolute Gasteiger partial charge is 0.305 e. The molecular weight excluding hydrogens is 281 g/mol. The van der Waals surface area contributed by atoms with Gasteiger partial charge in [-0.15, -0.1) is 0 Å². The molecule has 0 saturated heterocycles. The minimum atomic E-state index is -0.955. The van der Waals surface area contributed by atoms with E-state index in [4.69, 9.17) is 22.4 Å². The third-order valence-electron chi connectivity index (χ3n) is 2.06. The molecule has 0 aliphatic carbocycles. The third-order valence-corrected chi connectivity index (χ3v) is 2.87. The van der Waals surface area contributed by atoms with Crippen LogP contribution in [0.5, 0.6) is 0 Å². The molecule has 0 bridgehead atoms. The van der Waals surface area contributed by atoms with Crippen LogP contribution in [0, 0.1) is 0 Å². The van der Waals surface area contributed by atoms with Gasteiger partial charge in [0.25, 0.3) is 0 Å². The Morgan fingerprint density at radius 3 is 2.73 bits per heavy atom. The number of nitrogens with two attached hydrogens (primary N) is 1. The summed E-state index contributed by atoms with van der Waals surface area (Å²) in [5, 5.41) is 9.19. The molecule has 0 aromatic heterocycles. The van der Waals surface area contributed by atoms with Crippen LogP contribution in [0.4, 0.5) is 0 Å². The topological polar surface area (TPSA) is 63.3 Å². The molecule has 0 heterocycles. The number of carboxylic acid groups (broad SMARTS) is 1. The van der Waals surface area contributed by atoms with Gasteiger partial charge in [-0.25, -0.2) is 0 Å². The van der Waals surface area contributed by atoms with Crippen molar-refractivity contribution in [2.45, 2.75) is 18.9 Å². The Labute approximate surface area is 101 Å². The van der Waals surface area contributed by atoms with E-state index in [-0.39, 0.29) is 6.42 Å². The number of carbonyl (C=O) groups is 1. The molecular formula is C10H11BrClNO2. The SMILES string of the molecule is CC(N)(CC(=O)O)c1ccc(Br)cc1Cl. The number of hydrogen-bond donors (Lipinski definition) is 2. The lowest BCUT2D eigenvalue weighted by atomic mass is 9.90. The number of benzene rings is 1. The van der Waals surface area contributed by atoms with Crippen LogP contribution in [0.3, 0.4) is 0 Å². The highest BCUT2D eigenvalue weighted by molar-refractivity contribution is 9.10. The minimum absolute atomic E-state index is 0.158. The van der Waals surface area contributed by atoms with Gasteiger partial charge < -0.3 is 10.8 Å². The highest BCUT2D eigenvalue weighted by Gasteiger charge is 2.26. The Balaban J connectivity index is 3.09. The zero-order valence-electron chi connectivity index (χ0n) is 8.13. The van der Waals surface area contributed by atoms with Crippen molar-refractivity contribution in [3.05, 3.63) is 33.3 Å². The van der Waals surface area contributed by atoms with Crippen LogP contribution in [0.2, 0.25) is 5.02 Å². The van der Waals surface area contributed by atoms with Gasteiger partial charge in [0.2, 0.25) is 0 Å². The number of carboxylic acids is 1. The van der Waals surface area contributed by atoms with E-state index in [1.807, 2.05) is 0 Å². The third kappa shape index (κ3) is 3.19. The number of aliphatic carboxylic acids is 1. The van der Waals surface area contributed by atoms with Crippen molar-refractivity contribution in [2.75, 3.05) is 0 Å². The second kappa shape index (κ2) is 4.51. The molecule has 5 heteroatoms. The minimum Gasteiger partial charge on any atom is -0.481 e. The molecule has 1 rings (SSSR count). The predicted octanol–water partition coefficient (Wildman–Crippen LogP) is 2.75. The first-order chi connectivity index (χ1) is 6.83. The summed E-state index contributed by atoms with van der Waals surface area (Å²) in [5.41, 5.74) is 5.59. The Bertz CT molecular complexity index is 393. The summed E-state index contributed by atoms with van der Waals surface area (Å²) in [6, 6.07) is 5.22. The molecule has 1 atom stereocenters. The standard InChI is InChI=1S/C10H11BrClNO2/c1-10(13,5-9(14)15)7-3-2-6(11)4-8(7)12/h2-4H,5,13H2,1H3,(H,14,15). The molecule has 0 aliphatic rings. The first-order valence-electron chi connectivity index (χ1n) is 4.29. The predicted molar refractivity (Wildman–Crippen MR) is 62.9 cm³/mol. The highest BCUT2D eigenvalue weighted by atomic mass is 79.9. The van der Waals surface area contributed by atoms with Gasteiger partial charge in [-0.3, -0.25) is 4.79 Å². The normalized spacial score (nSPS) is 14.7. The monoisotopic (exact) mass is 291 g/mol. The van der Waals surface area contributed by atoms with Crippen molar-refractivity contribution in [3.8, 4) is 0 Å². The van der Waals surface area contributed by atoms with E-state index in [2.05, 4.69) is 15.9 Å². The molecule has 1 aromatic carbocycles. The fourth-order valence-electron chi connectivity index (χ4n) is 1.36. The summed E-state index contributed by atoms with van der Waals surface area (Å²) >= 11 is 9.27. The molecule has 3 nitrogen and oxygen atoms in total. The van der Waals surface area contributed by atoms with E-state index < -0.39 is 11.5 Å². The maximum Gasteiger partial charge on any atom is 0.305 e. The Kier molecular flexibility index (Phi) is 3.76. The van der Waals surface area contributed by atoms with Crippen LogP contribution >= 0.6 is 27.5 Å². The molecule has 1 unspecified atom stereocenters. The quantitative estimate of drug-likeness (QED) is 0.900. The molecule has 15 heavy (non-hydrogen) atoms. The summed E-state index contributed by atoms with van der Waals surface area (Å²) in [7, 11) is 0. The molecule has 0 aliphatic heterocycles. The maximum atomic E-state index is 10.6. The molecule has 0 fully saturated rings. The molecule has 1 aromatic rings. The van der Waals surface area contributed by atoms with Crippen molar-refractivity contribution >= 4 is 33.5 Å². The largest absolute Gasteiger partial charge is 0.481 e. The summed E-state index contributed by atoms with van der Waals surface area (Å²) in [4.78, 5) is 10.6. The lowest BCUT2D eigenvalue weighted by molar-refractivity contribution is -0.138. The molecule has 0 radical (unpaired) electrons. The Hall–Kier alpha value is -0.580. The van der Waals surface area contributed by atoms with E-state index >= 15 is 0 Å². The molecule has 82 valence electrons. The van der Waals surface area contributed by atoms with E-state index in [1.54, 1.807) is 25.1 Å². The fraction of sp³-hybridized carbons (Fsp3) is 0.300. The van der Waals surface area contributed by atoms with Crippen LogP contribution in [-0.2, 0) is 10.3 Å². The molecule has 0 spiro atoms. The van der Waals surface area contributed by atoms with E-state index in [0.29, 0.717) is 10.6 Å². The van der Waals surface area contributed by atoms with Crippen LogP contribution in [0.1, 0.15) is 18.9 Å². The second-order valence-corrected chi connectivity index (χ2v) is 4.94. The fourth-order valence-corrected chi connectivity index (χ4v) is 2.25. The lowest BCUT2D eigenvalue weighted by Gasteiger charge is -2.24. The molecule has 0 saturated carbocycles. The van der Waals surface area contributed by atoms with E-state index in [0.717, 1.165) is 4.47 Å². The highest BCUT2D eigenvalue weighted by Crippen LogP contribution is 2.30. The number of rotatable bonds is 3. The zero-order valence-corrected chi connectivity index (χ0v) is 10.5. The van der Waals surface area contributed by atoms with Gasteiger partial charge in [0.15, 0.2) is 0 Å². The van der Waals surface area contributed by atoms with Gasteiger partial charge in [0.05, 0.1) is 12.0 Å². The first kappa shape index (κ1) is 12.5. The summed E-state index contributed by atoms with van der Waals surface area (Å²) in [6.45, 7) is 1.65. The van der Waals surface area contributed by atoms with Crippen molar-refractivity contribution in [2.24, 2.45) is 5.73 Å². The molecule has 0 amide bonds. The van der Waals surface area contributed by atoms with E-state index in [9.17, 15) is 4.79 Å².